The average molecular weight is 316 g/mol. The molecule has 0 radical (unpaired) electrons. The van der Waals surface area contributed by atoms with Crippen LogP contribution in [0.2, 0.25) is 0 Å². The molecule has 0 spiro atoms. The van der Waals surface area contributed by atoms with Crippen molar-refractivity contribution in [2.45, 2.75) is 20.0 Å². The van der Waals surface area contributed by atoms with E-state index in [9.17, 15) is 4.79 Å². The van der Waals surface area contributed by atoms with Gasteiger partial charge in [0, 0.05) is 17.6 Å². The van der Waals surface area contributed by atoms with Crippen molar-refractivity contribution >= 4 is 21.8 Å². The molecule has 0 saturated heterocycles. The summed E-state index contributed by atoms with van der Waals surface area (Å²) < 4.78 is 0.899. The Labute approximate surface area is 121 Å². The van der Waals surface area contributed by atoms with Gasteiger partial charge < -0.3 is 4.90 Å². The molecule has 19 heavy (non-hydrogen) atoms. The van der Waals surface area contributed by atoms with Crippen LogP contribution in [0.3, 0.4) is 0 Å². The van der Waals surface area contributed by atoms with Gasteiger partial charge >= 0.3 is 0 Å². The first-order valence-corrected chi connectivity index (χ1v) is 7.07. The van der Waals surface area contributed by atoms with Crippen molar-refractivity contribution in [1.82, 2.24) is 4.90 Å². The van der Waals surface area contributed by atoms with Gasteiger partial charge in [0.25, 0.3) is 5.91 Å². The Morgan fingerprint density at radius 2 is 1.68 bits per heavy atom. The lowest BCUT2D eigenvalue weighted by Crippen LogP contribution is -2.25. The second kappa shape index (κ2) is 4.82. The van der Waals surface area contributed by atoms with E-state index in [2.05, 4.69) is 28.1 Å². The molecule has 0 aliphatic carbocycles. The van der Waals surface area contributed by atoms with Crippen LogP contribution in [0.5, 0.6) is 0 Å². The van der Waals surface area contributed by atoms with Crippen molar-refractivity contribution in [3.63, 3.8) is 0 Å². The topological polar surface area (TPSA) is 20.3 Å². The molecule has 0 unspecified atom stereocenters. The highest BCUT2D eigenvalue weighted by molar-refractivity contribution is 9.10. The third kappa shape index (κ3) is 2.19. The van der Waals surface area contributed by atoms with Crippen LogP contribution in [-0.4, -0.2) is 10.8 Å². The molecule has 0 saturated carbocycles. The van der Waals surface area contributed by atoms with Crippen LogP contribution in [0.15, 0.2) is 46.9 Å². The van der Waals surface area contributed by atoms with Crippen molar-refractivity contribution < 1.29 is 4.79 Å². The van der Waals surface area contributed by atoms with Gasteiger partial charge in [-0.1, -0.05) is 36.4 Å². The number of aryl methyl sites for hydroxylation is 1. The molecule has 96 valence electrons. The Morgan fingerprint density at radius 3 is 2.32 bits per heavy atom. The number of nitrogens with zero attached hydrogens (tertiary/aromatic N) is 1. The fourth-order valence-electron chi connectivity index (χ4n) is 2.46. The summed E-state index contributed by atoms with van der Waals surface area (Å²) in [6.45, 7) is 3.41. The molecular weight excluding hydrogens is 302 g/mol. The molecule has 1 aliphatic rings. The van der Waals surface area contributed by atoms with Crippen molar-refractivity contribution in [3.8, 4) is 0 Å². The Balaban J connectivity index is 1.89. The molecule has 1 heterocycles. The highest BCUT2D eigenvalue weighted by atomic mass is 79.9. The second-order valence-electron chi connectivity index (χ2n) is 4.87. The number of hydrogen-bond acceptors (Lipinski definition) is 1. The lowest BCUT2D eigenvalue weighted by Gasteiger charge is -2.17. The van der Waals surface area contributed by atoms with E-state index in [-0.39, 0.29) is 5.91 Å². The number of carbonyl (C=O) groups excluding carboxylic acids is 1. The third-order valence-electron chi connectivity index (χ3n) is 3.55. The number of hydrogen-bond donors (Lipinski definition) is 0. The number of halogens is 1. The molecule has 0 aromatic heterocycles. The van der Waals surface area contributed by atoms with Gasteiger partial charge in [0.2, 0.25) is 0 Å². The predicted molar refractivity (Wildman–Crippen MR) is 78.9 cm³/mol. The van der Waals surface area contributed by atoms with Gasteiger partial charge in [-0.25, -0.2) is 0 Å². The highest BCUT2D eigenvalue weighted by Crippen LogP contribution is 2.27. The van der Waals surface area contributed by atoms with E-state index in [1.807, 2.05) is 42.2 Å². The molecule has 0 N–H and O–H groups in total. The van der Waals surface area contributed by atoms with Crippen LogP contribution < -0.4 is 0 Å². The van der Waals surface area contributed by atoms with E-state index in [4.69, 9.17) is 0 Å². The van der Waals surface area contributed by atoms with Gasteiger partial charge in [-0.3, -0.25) is 4.79 Å². The van der Waals surface area contributed by atoms with Crippen LogP contribution >= 0.6 is 15.9 Å². The maximum Gasteiger partial charge on any atom is 0.255 e. The van der Waals surface area contributed by atoms with Gasteiger partial charge in [0.1, 0.15) is 0 Å². The van der Waals surface area contributed by atoms with E-state index in [0.29, 0.717) is 13.1 Å². The molecule has 3 rings (SSSR count). The fraction of sp³-hybridized carbons (Fsp3) is 0.188. The Morgan fingerprint density at radius 1 is 1.05 bits per heavy atom. The van der Waals surface area contributed by atoms with E-state index in [0.717, 1.165) is 15.6 Å². The van der Waals surface area contributed by atoms with Gasteiger partial charge in [-0.05, 0) is 45.6 Å². The van der Waals surface area contributed by atoms with Crippen LogP contribution in [-0.2, 0) is 13.1 Å². The van der Waals surface area contributed by atoms with Crippen LogP contribution in [0, 0.1) is 6.92 Å². The normalized spacial score (nSPS) is 13.5. The van der Waals surface area contributed by atoms with Gasteiger partial charge in [0.15, 0.2) is 0 Å². The average Bonchev–Trinajstić information content (AvgIpc) is 2.85. The van der Waals surface area contributed by atoms with E-state index in [1.165, 1.54) is 11.1 Å². The summed E-state index contributed by atoms with van der Waals surface area (Å²) in [7, 11) is 0. The first-order chi connectivity index (χ1) is 9.16. The number of carbonyl (C=O) groups is 1. The molecule has 0 atom stereocenters. The molecule has 3 heteroatoms. The monoisotopic (exact) mass is 315 g/mol. The fourth-order valence-corrected chi connectivity index (χ4v) is 2.89. The van der Waals surface area contributed by atoms with Crippen LogP contribution in [0.25, 0.3) is 0 Å². The smallest absolute Gasteiger partial charge is 0.255 e. The van der Waals surface area contributed by atoms with Gasteiger partial charge in [0.05, 0.1) is 5.56 Å². The third-order valence-corrected chi connectivity index (χ3v) is 4.60. The summed E-state index contributed by atoms with van der Waals surface area (Å²) in [5.41, 5.74) is 4.33. The molecule has 0 bridgehead atoms. The van der Waals surface area contributed by atoms with E-state index < -0.39 is 0 Å². The standard InChI is InChI=1S/C16H14BrNO/c1-11-5-4-8-14(15(11)17)16(19)18-9-12-6-2-3-7-13(12)10-18/h2-8H,9-10H2,1H3. The molecule has 2 aromatic rings. The number of benzene rings is 2. The van der Waals surface area contributed by atoms with Gasteiger partial charge in [-0.15, -0.1) is 0 Å². The van der Waals surface area contributed by atoms with Crippen LogP contribution in [0.4, 0.5) is 0 Å². The van der Waals surface area contributed by atoms with Gasteiger partial charge in [-0.2, -0.15) is 0 Å². The number of amides is 1. The second-order valence-corrected chi connectivity index (χ2v) is 5.66. The van der Waals surface area contributed by atoms with Crippen molar-refractivity contribution in [2.24, 2.45) is 0 Å². The van der Waals surface area contributed by atoms with E-state index in [1.54, 1.807) is 0 Å². The minimum absolute atomic E-state index is 0.0896. The molecule has 1 amide bonds. The molecular formula is C16H14BrNO. The van der Waals surface area contributed by atoms with Crippen LogP contribution in [0.1, 0.15) is 27.0 Å². The quantitative estimate of drug-likeness (QED) is 0.781. The summed E-state index contributed by atoms with van der Waals surface area (Å²) in [4.78, 5) is 14.5. The summed E-state index contributed by atoms with van der Waals surface area (Å²) >= 11 is 3.52. The molecule has 0 fully saturated rings. The molecule has 1 aliphatic heterocycles. The highest BCUT2D eigenvalue weighted by Gasteiger charge is 2.25. The molecule has 2 aromatic carbocycles. The minimum Gasteiger partial charge on any atom is -0.330 e. The predicted octanol–water partition coefficient (Wildman–Crippen LogP) is 3.91. The van der Waals surface area contributed by atoms with Crippen molar-refractivity contribution in [2.75, 3.05) is 0 Å². The Bertz CT molecular complexity index is 626. The molecule has 2 nitrogen and oxygen atoms in total. The first-order valence-electron chi connectivity index (χ1n) is 6.28. The summed E-state index contributed by atoms with van der Waals surface area (Å²) in [5, 5.41) is 0. The first kappa shape index (κ1) is 12.4. The summed E-state index contributed by atoms with van der Waals surface area (Å²) in [5.74, 6) is 0.0896. The lowest BCUT2D eigenvalue weighted by atomic mass is 10.1. The largest absolute Gasteiger partial charge is 0.330 e. The van der Waals surface area contributed by atoms with E-state index >= 15 is 0 Å². The maximum absolute atomic E-state index is 12.6. The summed E-state index contributed by atoms with van der Waals surface area (Å²) in [6, 6.07) is 14.0. The Hall–Kier alpha value is -1.61. The SMILES string of the molecule is Cc1cccc(C(=O)N2Cc3ccccc3C2)c1Br. The number of fused-ring (bicyclic) bond motifs is 1. The number of rotatable bonds is 1. The van der Waals surface area contributed by atoms with Crippen molar-refractivity contribution in [1.29, 1.82) is 0 Å². The zero-order chi connectivity index (χ0) is 13.4. The summed E-state index contributed by atoms with van der Waals surface area (Å²) in [6.07, 6.45) is 0. The Kier molecular flexibility index (Phi) is 3.15. The van der Waals surface area contributed by atoms with Crippen molar-refractivity contribution in [3.05, 3.63) is 69.2 Å². The minimum atomic E-state index is 0.0896. The maximum atomic E-state index is 12.6. The zero-order valence-electron chi connectivity index (χ0n) is 10.7. The lowest BCUT2D eigenvalue weighted by molar-refractivity contribution is 0.0750. The zero-order valence-corrected chi connectivity index (χ0v) is 12.3.